The number of nitrogens with zero attached hydrogens (tertiary/aromatic N) is 3. The molecular formula is C12H21N5O. The molecule has 0 saturated heterocycles. The number of hydrogen-bond donors (Lipinski definition) is 3. The van der Waals surface area contributed by atoms with Crippen LogP contribution in [0, 0.1) is 5.92 Å². The molecule has 0 aliphatic carbocycles. The maximum Gasteiger partial charge on any atom is 0.224 e. The monoisotopic (exact) mass is 251 g/mol. The number of hydrogen-bond acceptors (Lipinski definition) is 6. The van der Waals surface area contributed by atoms with E-state index in [1.807, 2.05) is 4.90 Å². The Morgan fingerprint density at radius 2 is 2.33 bits per heavy atom. The minimum atomic E-state index is 0.0280. The third-order valence-electron chi connectivity index (χ3n) is 2.25. The molecule has 100 valence electrons. The predicted octanol–water partition coefficient (Wildman–Crippen LogP) is 1.07. The van der Waals surface area contributed by atoms with Gasteiger partial charge in [0, 0.05) is 13.1 Å². The summed E-state index contributed by atoms with van der Waals surface area (Å²) in [6, 6.07) is 0. The lowest BCUT2D eigenvalue weighted by atomic mass is 10.2. The van der Waals surface area contributed by atoms with Crippen LogP contribution in [0.5, 0.6) is 0 Å². The average Bonchev–Trinajstić information content (AvgIpc) is 2.35. The summed E-state index contributed by atoms with van der Waals surface area (Å²) in [6.45, 7) is 9.21. The van der Waals surface area contributed by atoms with Gasteiger partial charge in [-0.05, 0) is 12.1 Å². The summed E-state index contributed by atoms with van der Waals surface area (Å²) < 4.78 is 0. The van der Waals surface area contributed by atoms with Gasteiger partial charge in [0.2, 0.25) is 5.95 Å². The first-order chi connectivity index (χ1) is 8.58. The van der Waals surface area contributed by atoms with E-state index in [2.05, 4.69) is 35.7 Å². The van der Waals surface area contributed by atoms with Crippen LogP contribution in [-0.2, 0) is 0 Å². The minimum absolute atomic E-state index is 0.0280. The standard InChI is InChI=1S/C12H21N5O/c1-4-17(8-9(2)3)11-10(13)7-15-12(16-11)14-5-6-18/h4,7,9,18H,1,5-6,8,13H2,2-3H3,(H,14,15,16). The summed E-state index contributed by atoms with van der Waals surface area (Å²) in [6.07, 6.45) is 3.26. The maximum atomic E-state index is 8.76. The first-order valence-electron chi connectivity index (χ1n) is 5.95. The summed E-state index contributed by atoms with van der Waals surface area (Å²) in [4.78, 5) is 10.3. The molecule has 0 spiro atoms. The number of anilines is 3. The van der Waals surface area contributed by atoms with Gasteiger partial charge in [0.1, 0.15) is 0 Å². The molecule has 0 bridgehead atoms. The van der Waals surface area contributed by atoms with E-state index in [4.69, 9.17) is 10.8 Å². The molecule has 1 aromatic heterocycles. The Morgan fingerprint density at radius 1 is 1.61 bits per heavy atom. The minimum Gasteiger partial charge on any atom is -0.395 e. The highest BCUT2D eigenvalue weighted by Gasteiger charge is 2.12. The van der Waals surface area contributed by atoms with Crippen molar-refractivity contribution in [1.29, 1.82) is 0 Å². The van der Waals surface area contributed by atoms with E-state index in [1.165, 1.54) is 0 Å². The van der Waals surface area contributed by atoms with Crippen molar-refractivity contribution >= 4 is 17.5 Å². The van der Waals surface area contributed by atoms with Crippen LogP contribution >= 0.6 is 0 Å². The number of aliphatic hydroxyl groups is 1. The zero-order valence-corrected chi connectivity index (χ0v) is 10.9. The zero-order valence-electron chi connectivity index (χ0n) is 10.9. The fourth-order valence-corrected chi connectivity index (χ4v) is 1.51. The van der Waals surface area contributed by atoms with Crippen LogP contribution in [0.4, 0.5) is 17.5 Å². The van der Waals surface area contributed by atoms with Crippen LogP contribution in [-0.4, -0.2) is 34.8 Å². The summed E-state index contributed by atoms with van der Waals surface area (Å²) in [5.41, 5.74) is 6.38. The van der Waals surface area contributed by atoms with Gasteiger partial charge >= 0.3 is 0 Å². The van der Waals surface area contributed by atoms with Crippen molar-refractivity contribution in [1.82, 2.24) is 9.97 Å². The van der Waals surface area contributed by atoms with Crippen molar-refractivity contribution < 1.29 is 5.11 Å². The molecule has 0 atom stereocenters. The molecule has 6 heteroatoms. The molecule has 0 radical (unpaired) electrons. The molecule has 0 fully saturated rings. The Hall–Kier alpha value is -1.82. The fraction of sp³-hybridized carbons (Fsp3) is 0.500. The molecule has 0 aliphatic rings. The zero-order chi connectivity index (χ0) is 13.5. The van der Waals surface area contributed by atoms with Crippen LogP contribution in [0.1, 0.15) is 13.8 Å². The fourth-order valence-electron chi connectivity index (χ4n) is 1.51. The number of rotatable bonds is 7. The molecule has 1 aromatic rings. The van der Waals surface area contributed by atoms with Crippen molar-refractivity contribution in [2.45, 2.75) is 13.8 Å². The van der Waals surface area contributed by atoms with Gasteiger partial charge in [-0.2, -0.15) is 4.98 Å². The second-order valence-electron chi connectivity index (χ2n) is 4.35. The summed E-state index contributed by atoms with van der Waals surface area (Å²) in [5, 5.41) is 11.7. The van der Waals surface area contributed by atoms with Gasteiger partial charge in [-0.1, -0.05) is 20.4 Å². The third kappa shape index (κ3) is 3.89. The number of aromatic nitrogens is 2. The Balaban J connectivity index is 2.93. The van der Waals surface area contributed by atoms with Gasteiger partial charge in [-0.15, -0.1) is 0 Å². The molecule has 1 rings (SSSR count). The van der Waals surface area contributed by atoms with Gasteiger partial charge < -0.3 is 21.1 Å². The first-order valence-corrected chi connectivity index (χ1v) is 5.95. The normalized spacial score (nSPS) is 10.4. The lowest BCUT2D eigenvalue weighted by Gasteiger charge is -2.22. The van der Waals surface area contributed by atoms with Crippen molar-refractivity contribution in [3.05, 3.63) is 19.0 Å². The number of nitrogen functional groups attached to an aromatic ring is 1. The third-order valence-corrected chi connectivity index (χ3v) is 2.25. The second kappa shape index (κ2) is 6.80. The lowest BCUT2D eigenvalue weighted by Crippen LogP contribution is -2.24. The smallest absolute Gasteiger partial charge is 0.224 e. The van der Waals surface area contributed by atoms with Gasteiger partial charge in [0.15, 0.2) is 5.82 Å². The molecule has 1 heterocycles. The topological polar surface area (TPSA) is 87.3 Å². The molecule has 6 nitrogen and oxygen atoms in total. The molecule has 0 amide bonds. The van der Waals surface area contributed by atoms with Crippen molar-refractivity contribution in [2.24, 2.45) is 5.92 Å². The predicted molar refractivity (Wildman–Crippen MR) is 74.4 cm³/mol. The lowest BCUT2D eigenvalue weighted by molar-refractivity contribution is 0.311. The van der Waals surface area contributed by atoms with E-state index in [9.17, 15) is 0 Å². The largest absolute Gasteiger partial charge is 0.395 e. The molecule has 0 unspecified atom stereocenters. The van der Waals surface area contributed by atoms with E-state index in [-0.39, 0.29) is 6.61 Å². The highest BCUT2D eigenvalue weighted by atomic mass is 16.3. The van der Waals surface area contributed by atoms with E-state index in [1.54, 1.807) is 12.4 Å². The van der Waals surface area contributed by atoms with Crippen LogP contribution in [0.15, 0.2) is 19.0 Å². The molecule has 0 aliphatic heterocycles. The van der Waals surface area contributed by atoms with Crippen LogP contribution in [0.2, 0.25) is 0 Å². The van der Waals surface area contributed by atoms with Crippen molar-refractivity contribution in [3.8, 4) is 0 Å². The highest BCUT2D eigenvalue weighted by Crippen LogP contribution is 2.22. The SMILES string of the molecule is C=CN(CC(C)C)c1nc(NCCO)ncc1N. The quantitative estimate of drug-likeness (QED) is 0.672. The van der Waals surface area contributed by atoms with E-state index in [0.717, 1.165) is 6.54 Å². The Bertz CT molecular complexity index is 394. The molecule has 0 aromatic carbocycles. The molecule has 4 N–H and O–H groups in total. The van der Waals surface area contributed by atoms with E-state index < -0.39 is 0 Å². The Labute approximate surface area is 108 Å². The maximum absolute atomic E-state index is 8.76. The number of aliphatic hydroxyl groups excluding tert-OH is 1. The van der Waals surface area contributed by atoms with E-state index in [0.29, 0.717) is 29.9 Å². The summed E-state index contributed by atoms with van der Waals surface area (Å²) >= 11 is 0. The van der Waals surface area contributed by atoms with Crippen LogP contribution in [0.25, 0.3) is 0 Å². The molecule has 0 saturated carbocycles. The van der Waals surface area contributed by atoms with E-state index >= 15 is 0 Å². The van der Waals surface area contributed by atoms with Gasteiger partial charge in [0.05, 0.1) is 18.5 Å². The van der Waals surface area contributed by atoms with Gasteiger partial charge in [-0.25, -0.2) is 4.98 Å². The summed E-state index contributed by atoms with van der Waals surface area (Å²) in [5.74, 6) is 1.55. The van der Waals surface area contributed by atoms with Crippen molar-refractivity contribution in [2.75, 3.05) is 35.6 Å². The Kier molecular flexibility index (Phi) is 5.38. The number of nitrogens with two attached hydrogens (primary N) is 1. The van der Waals surface area contributed by atoms with Crippen LogP contribution in [0.3, 0.4) is 0 Å². The number of nitrogens with one attached hydrogen (secondary N) is 1. The first kappa shape index (κ1) is 14.2. The van der Waals surface area contributed by atoms with Crippen molar-refractivity contribution in [3.63, 3.8) is 0 Å². The van der Waals surface area contributed by atoms with Gasteiger partial charge in [-0.3, -0.25) is 0 Å². The second-order valence-corrected chi connectivity index (χ2v) is 4.35. The summed E-state index contributed by atoms with van der Waals surface area (Å²) in [7, 11) is 0. The highest BCUT2D eigenvalue weighted by molar-refractivity contribution is 5.64. The van der Waals surface area contributed by atoms with Gasteiger partial charge in [0.25, 0.3) is 0 Å². The van der Waals surface area contributed by atoms with Crippen LogP contribution < -0.4 is 16.0 Å². The molecular weight excluding hydrogens is 230 g/mol. The molecule has 18 heavy (non-hydrogen) atoms. The Morgan fingerprint density at radius 3 is 2.89 bits per heavy atom. The average molecular weight is 251 g/mol.